The van der Waals surface area contributed by atoms with Crippen molar-refractivity contribution < 1.29 is 14.0 Å². The first-order valence-corrected chi connectivity index (χ1v) is 6.35. The van der Waals surface area contributed by atoms with Crippen molar-refractivity contribution in [2.45, 2.75) is 39.3 Å². The fraction of sp³-hybridized carbons (Fsp3) is 0.429. The number of halogens is 1. The Morgan fingerprint density at radius 2 is 2.05 bits per heavy atom. The molecule has 2 amide bonds. The van der Waals surface area contributed by atoms with Crippen LogP contribution in [0.4, 0.5) is 10.1 Å². The van der Waals surface area contributed by atoms with Crippen LogP contribution in [0.25, 0.3) is 0 Å². The number of nitrogens with one attached hydrogen (secondary N) is 1. The van der Waals surface area contributed by atoms with Gasteiger partial charge in [0.15, 0.2) is 0 Å². The van der Waals surface area contributed by atoms with Crippen molar-refractivity contribution >= 4 is 17.5 Å². The summed E-state index contributed by atoms with van der Waals surface area (Å²) in [7, 11) is 0. The largest absolute Gasteiger partial charge is 0.343 e. The van der Waals surface area contributed by atoms with Gasteiger partial charge in [-0.3, -0.25) is 14.5 Å². The van der Waals surface area contributed by atoms with Crippen LogP contribution in [0.1, 0.15) is 25.8 Å². The van der Waals surface area contributed by atoms with Crippen LogP contribution in [0.2, 0.25) is 0 Å². The van der Waals surface area contributed by atoms with Gasteiger partial charge in [-0.05, 0) is 38.0 Å². The Bertz CT molecular complexity index is 530. The summed E-state index contributed by atoms with van der Waals surface area (Å²) in [5.41, 5.74) is 1.23. The molecule has 1 aromatic rings. The predicted molar refractivity (Wildman–Crippen MR) is 70.3 cm³/mol. The molecule has 0 aliphatic carbocycles. The number of amides is 2. The number of carbonyl (C=O) groups excluding carboxylic acids is 2. The van der Waals surface area contributed by atoms with E-state index in [0.29, 0.717) is 12.1 Å². The SMILES string of the molecule is CCC1NC(=O)C(C)N(c2cc(F)ccc2C)C1=O. The van der Waals surface area contributed by atoms with E-state index < -0.39 is 17.9 Å². The third kappa shape index (κ3) is 2.32. The number of anilines is 1. The number of rotatable bonds is 2. The van der Waals surface area contributed by atoms with Gasteiger partial charge in [0.05, 0.1) is 5.69 Å². The molecule has 1 aliphatic rings. The highest BCUT2D eigenvalue weighted by Gasteiger charge is 2.38. The molecular weight excluding hydrogens is 247 g/mol. The van der Waals surface area contributed by atoms with E-state index in [1.54, 1.807) is 19.9 Å². The van der Waals surface area contributed by atoms with Gasteiger partial charge in [0.1, 0.15) is 17.9 Å². The van der Waals surface area contributed by atoms with Gasteiger partial charge in [0.2, 0.25) is 11.8 Å². The first-order valence-electron chi connectivity index (χ1n) is 6.35. The van der Waals surface area contributed by atoms with Gasteiger partial charge in [-0.2, -0.15) is 0 Å². The Labute approximate surface area is 111 Å². The molecule has 0 bridgehead atoms. The third-order valence-electron chi connectivity index (χ3n) is 3.46. The molecule has 0 aromatic heterocycles. The molecule has 1 saturated heterocycles. The smallest absolute Gasteiger partial charge is 0.250 e. The minimum absolute atomic E-state index is 0.191. The lowest BCUT2D eigenvalue weighted by atomic mass is 10.0. The third-order valence-corrected chi connectivity index (χ3v) is 3.46. The molecule has 1 heterocycles. The average Bonchev–Trinajstić information content (AvgIpc) is 2.38. The van der Waals surface area contributed by atoms with Crippen LogP contribution in [0.15, 0.2) is 18.2 Å². The zero-order chi connectivity index (χ0) is 14.2. The van der Waals surface area contributed by atoms with E-state index in [1.807, 2.05) is 6.92 Å². The summed E-state index contributed by atoms with van der Waals surface area (Å²) in [5.74, 6) is -0.821. The van der Waals surface area contributed by atoms with E-state index in [2.05, 4.69) is 5.32 Å². The van der Waals surface area contributed by atoms with Crippen LogP contribution < -0.4 is 10.2 Å². The van der Waals surface area contributed by atoms with E-state index in [-0.39, 0.29) is 11.8 Å². The topological polar surface area (TPSA) is 49.4 Å². The number of carbonyl (C=O) groups is 2. The first-order chi connectivity index (χ1) is 8.95. The Hall–Kier alpha value is -1.91. The number of aryl methyl sites for hydroxylation is 1. The summed E-state index contributed by atoms with van der Waals surface area (Å²) in [6.45, 7) is 5.27. The van der Waals surface area contributed by atoms with Gasteiger partial charge in [0.25, 0.3) is 0 Å². The van der Waals surface area contributed by atoms with Crippen LogP contribution in [0.3, 0.4) is 0 Å². The molecule has 0 spiro atoms. The molecule has 4 nitrogen and oxygen atoms in total. The normalized spacial score (nSPS) is 23.5. The van der Waals surface area contributed by atoms with E-state index in [0.717, 1.165) is 5.56 Å². The van der Waals surface area contributed by atoms with Crippen molar-refractivity contribution in [3.63, 3.8) is 0 Å². The van der Waals surface area contributed by atoms with Crippen LogP contribution in [0.5, 0.6) is 0 Å². The number of benzene rings is 1. The monoisotopic (exact) mass is 264 g/mol. The number of hydrogen-bond donors (Lipinski definition) is 1. The van der Waals surface area contributed by atoms with Gasteiger partial charge in [-0.15, -0.1) is 0 Å². The van der Waals surface area contributed by atoms with Crippen LogP contribution in [-0.2, 0) is 9.59 Å². The molecule has 0 radical (unpaired) electrons. The molecule has 2 rings (SSSR count). The second-order valence-corrected chi connectivity index (χ2v) is 4.78. The minimum atomic E-state index is -0.629. The molecule has 0 saturated carbocycles. The summed E-state index contributed by atoms with van der Waals surface area (Å²) in [6, 6.07) is 3.09. The molecular formula is C14H17FN2O2. The highest BCUT2D eigenvalue weighted by molar-refractivity contribution is 6.08. The molecule has 5 heteroatoms. The summed E-state index contributed by atoms with van der Waals surface area (Å²) >= 11 is 0. The second kappa shape index (κ2) is 4.99. The lowest BCUT2D eigenvalue weighted by molar-refractivity contribution is -0.133. The molecule has 1 aliphatic heterocycles. The molecule has 102 valence electrons. The quantitative estimate of drug-likeness (QED) is 0.885. The standard InChI is InChI=1S/C14H17FN2O2/c1-4-11-14(19)17(9(3)13(18)16-11)12-7-10(15)6-5-8(12)2/h5-7,9,11H,4H2,1-3H3,(H,16,18). The van der Waals surface area contributed by atoms with E-state index in [4.69, 9.17) is 0 Å². The number of piperazine rings is 1. The van der Waals surface area contributed by atoms with Crippen LogP contribution in [-0.4, -0.2) is 23.9 Å². The van der Waals surface area contributed by atoms with Crippen molar-refractivity contribution in [1.82, 2.24) is 5.32 Å². The molecule has 2 unspecified atom stereocenters. The Kier molecular flexibility index (Phi) is 3.55. The molecule has 1 fully saturated rings. The van der Waals surface area contributed by atoms with Gasteiger partial charge in [-0.1, -0.05) is 13.0 Å². The minimum Gasteiger partial charge on any atom is -0.343 e. The molecule has 1 N–H and O–H groups in total. The maximum atomic E-state index is 13.4. The predicted octanol–water partition coefficient (Wildman–Crippen LogP) is 1.76. The highest BCUT2D eigenvalue weighted by Crippen LogP contribution is 2.26. The van der Waals surface area contributed by atoms with Gasteiger partial charge in [0, 0.05) is 0 Å². The summed E-state index contributed by atoms with van der Waals surface area (Å²) in [4.78, 5) is 25.6. The fourth-order valence-electron chi connectivity index (χ4n) is 2.28. The Morgan fingerprint density at radius 3 is 2.68 bits per heavy atom. The van der Waals surface area contributed by atoms with E-state index in [1.165, 1.54) is 17.0 Å². The van der Waals surface area contributed by atoms with E-state index >= 15 is 0 Å². The lowest BCUT2D eigenvalue weighted by Crippen LogP contribution is -2.62. The van der Waals surface area contributed by atoms with Crippen molar-refractivity contribution in [1.29, 1.82) is 0 Å². The number of hydrogen-bond acceptors (Lipinski definition) is 2. The van der Waals surface area contributed by atoms with Crippen molar-refractivity contribution in [3.05, 3.63) is 29.6 Å². The summed E-state index contributed by atoms with van der Waals surface area (Å²) in [6.07, 6.45) is 0.516. The van der Waals surface area contributed by atoms with Gasteiger partial charge in [-0.25, -0.2) is 4.39 Å². The first kappa shape index (κ1) is 13.5. The van der Waals surface area contributed by atoms with Crippen LogP contribution >= 0.6 is 0 Å². The Morgan fingerprint density at radius 1 is 1.37 bits per heavy atom. The molecule has 1 aromatic carbocycles. The average molecular weight is 264 g/mol. The lowest BCUT2D eigenvalue weighted by Gasteiger charge is -2.37. The van der Waals surface area contributed by atoms with E-state index in [9.17, 15) is 14.0 Å². The molecule has 19 heavy (non-hydrogen) atoms. The summed E-state index contributed by atoms with van der Waals surface area (Å²) in [5, 5.41) is 2.68. The van der Waals surface area contributed by atoms with Crippen molar-refractivity contribution in [2.24, 2.45) is 0 Å². The maximum Gasteiger partial charge on any atom is 0.250 e. The second-order valence-electron chi connectivity index (χ2n) is 4.78. The van der Waals surface area contributed by atoms with Gasteiger partial charge >= 0.3 is 0 Å². The zero-order valence-electron chi connectivity index (χ0n) is 11.2. The van der Waals surface area contributed by atoms with Gasteiger partial charge < -0.3 is 5.32 Å². The van der Waals surface area contributed by atoms with Crippen molar-refractivity contribution in [3.8, 4) is 0 Å². The molecule has 2 atom stereocenters. The highest BCUT2D eigenvalue weighted by atomic mass is 19.1. The van der Waals surface area contributed by atoms with Crippen LogP contribution in [0, 0.1) is 12.7 Å². The summed E-state index contributed by atoms with van der Waals surface area (Å²) < 4.78 is 13.4. The van der Waals surface area contributed by atoms with Crippen molar-refractivity contribution in [2.75, 3.05) is 4.90 Å². The zero-order valence-corrected chi connectivity index (χ0v) is 11.2. The maximum absolute atomic E-state index is 13.4. The fourth-order valence-corrected chi connectivity index (χ4v) is 2.28. The number of nitrogens with zero attached hydrogens (tertiary/aromatic N) is 1. The Balaban J connectivity index is 2.47.